The highest BCUT2D eigenvalue weighted by atomic mass is 79.9. The minimum Gasteiger partial charge on any atom is -0.354 e. The maximum absolute atomic E-state index is 12.3. The number of aromatic amines is 1. The van der Waals surface area contributed by atoms with Crippen LogP contribution in [0.4, 0.5) is 0 Å². The van der Waals surface area contributed by atoms with Gasteiger partial charge < -0.3 is 4.98 Å². The summed E-state index contributed by atoms with van der Waals surface area (Å²) in [6.07, 6.45) is 0. The van der Waals surface area contributed by atoms with Gasteiger partial charge in [0.25, 0.3) is 11.8 Å². The first-order chi connectivity index (χ1) is 12.1. The third-order valence-corrected chi connectivity index (χ3v) is 5.09. The topological polar surface area (TPSA) is 62.0 Å². The van der Waals surface area contributed by atoms with E-state index in [1.807, 2.05) is 36.4 Å². The van der Waals surface area contributed by atoms with E-state index in [0.717, 1.165) is 37.4 Å². The van der Waals surface area contributed by atoms with Crippen LogP contribution in [0.2, 0.25) is 0 Å². The fourth-order valence-electron chi connectivity index (χ4n) is 3.57. The van der Waals surface area contributed by atoms with Crippen LogP contribution in [-0.4, -0.2) is 16.8 Å². The second-order valence-electron chi connectivity index (χ2n) is 6.06. The molecular formula is C20H11BrN2O2. The fourth-order valence-corrected chi connectivity index (χ4v) is 4.03. The maximum Gasteiger partial charge on any atom is 0.259 e. The first kappa shape index (κ1) is 14.4. The van der Waals surface area contributed by atoms with E-state index in [2.05, 4.69) is 38.4 Å². The second kappa shape index (κ2) is 5.04. The Kier molecular flexibility index (Phi) is 2.91. The fraction of sp³-hybridized carbons (Fsp3) is 0. The molecule has 3 aromatic carbocycles. The first-order valence-corrected chi connectivity index (χ1v) is 8.62. The average molecular weight is 391 g/mol. The molecule has 5 heteroatoms. The molecule has 0 saturated carbocycles. The summed E-state index contributed by atoms with van der Waals surface area (Å²) in [7, 11) is 0. The van der Waals surface area contributed by atoms with Crippen LogP contribution in [0.15, 0.2) is 59.1 Å². The highest BCUT2D eigenvalue weighted by Gasteiger charge is 2.30. The van der Waals surface area contributed by atoms with E-state index < -0.39 is 0 Å². The first-order valence-electron chi connectivity index (χ1n) is 7.82. The van der Waals surface area contributed by atoms with Gasteiger partial charge in [0, 0.05) is 26.3 Å². The summed E-state index contributed by atoms with van der Waals surface area (Å²) in [5.74, 6) is -0.690. The molecule has 25 heavy (non-hydrogen) atoms. The Balaban J connectivity index is 1.92. The lowest BCUT2D eigenvalue weighted by Gasteiger charge is -2.09. The van der Waals surface area contributed by atoms with E-state index in [-0.39, 0.29) is 11.8 Å². The zero-order valence-corrected chi connectivity index (χ0v) is 14.5. The van der Waals surface area contributed by atoms with Crippen LogP contribution in [0.5, 0.6) is 0 Å². The smallest absolute Gasteiger partial charge is 0.259 e. The third kappa shape index (κ3) is 1.99. The number of fused-ring (bicyclic) bond motifs is 4. The van der Waals surface area contributed by atoms with Crippen LogP contribution >= 0.6 is 15.9 Å². The van der Waals surface area contributed by atoms with Crippen LogP contribution in [-0.2, 0) is 0 Å². The van der Waals surface area contributed by atoms with E-state index in [9.17, 15) is 9.59 Å². The van der Waals surface area contributed by atoms with Gasteiger partial charge in [0.15, 0.2) is 0 Å². The number of aromatic nitrogens is 1. The van der Waals surface area contributed by atoms with Gasteiger partial charge in [-0.25, -0.2) is 0 Å². The summed E-state index contributed by atoms with van der Waals surface area (Å²) >= 11 is 3.58. The van der Waals surface area contributed by atoms with Crippen LogP contribution in [0.1, 0.15) is 20.7 Å². The summed E-state index contributed by atoms with van der Waals surface area (Å²) in [5, 5.41) is 4.57. The van der Waals surface area contributed by atoms with Gasteiger partial charge in [0.1, 0.15) is 0 Å². The van der Waals surface area contributed by atoms with Crippen molar-refractivity contribution in [1.29, 1.82) is 0 Å². The van der Waals surface area contributed by atoms with Crippen molar-refractivity contribution in [3.05, 3.63) is 70.2 Å². The Morgan fingerprint density at radius 2 is 1.56 bits per heavy atom. The van der Waals surface area contributed by atoms with Gasteiger partial charge in [-0.1, -0.05) is 46.3 Å². The van der Waals surface area contributed by atoms with Crippen molar-refractivity contribution in [1.82, 2.24) is 10.3 Å². The Morgan fingerprint density at radius 3 is 2.44 bits per heavy atom. The van der Waals surface area contributed by atoms with Crippen LogP contribution in [0, 0.1) is 0 Å². The van der Waals surface area contributed by atoms with Crippen molar-refractivity contribution in [2.24, 2.45) is 0 Å². The van der Waals surface area contributed by atoms with Crippen LogP contribution in [0.25, 0.3) is 32.9 Å². The van der Waals surface area contributed by atoms with E-state index in [4.69, 9.17) is 0 Å². The lowest BCUT2D eigenvalue weighted by molar-refractivity contribution is 0.0880. The van der Waals surface area contributed by atoms with Gasteiger partial charge >= 0.3 is 0 Å². The Labute approximate surface area is 151 Å². The quantitative estimate of drug-likeness (QED) is 0.465. The average Bonchev–Trinajstić information content (AvgIpc) is 3.12. The number of hydrogen-bond donors (Lipinski definition) is 2. The number of amides is 2. The Hall–Kier alpha value is -2.92. The molecule has 0 unspecified atom stereocenters. The lowest BCUT2D eigenvalue weighted by Crippen LogP contribution is -2.20. The summed E-state index contributed by atoms with van der Waals surface area (Å²) in [4.78, 5) is 27.7. The van der Waals surface area contributed by atoms with Gasteiger partial charge in [-0.15, -0.1) is 0 Å². The molecule has 2 heterocycles. The highest BCUT2D eigenvalue weighted by Crippen LogP contribution is 2.38. The molecule has 2 amide bonds. The molecule has 0 spiro atoms. The molecule has 0 aliphatic carbocycles. The second-order valence-corrected chi connectivity index (χ2v) is 6.97. The van der Waals surface area contributed by atoms with E-state index in [1.165, 1.54) is 0 Å². The monoisotopic (exact) mass is 390 g/mol. The lowest BCUT2D eigenvalue weighted by atomic mass is 9.95. The standard InChI is InChI=1S/C20H11BrN2O2/c21-10-8-14-11-4-1-2-7-16(11)22-18(14)15(9-10)12-5-3-6-13-17(12)20(25)23-19(13)24/h1-9,22H,(H,23,24,25). The Bertz CT molecular complexity index is 1220. The van der Waals surface area contributed by atoms with Crippen LogP contribution in [0.3, 0.4) is 0 Å². The molecule has 2 N–H and O–H groups in total. The van der Waals surface area contributed by atoms with Crippen LogP contribution < -0.4 is 5.32 Å². The largest absolute Gasteiger partial charge is 0.354 e. The molecule has 0 atom stereocenters. The summed E-state index contributed by atoms with van der Waals surface area (Å²) in [6, 6.07) is 17.5. The number of H-pyrrole nitrogens is 1. The summed E-state index contributed by atoms with van der Waals surface area (Å²) in [5.41, 5.74) is 4.48. The molecule has 0 bridgehead atoms. The maximum atomic E-state index is 12.3. The van der Waals surface area contributed by atoms with Gasteiger partial charge in [-0.05, 0) is 29.8 Å². The van der Waals surface area contributed by atoms with E-state index in [1.54, 1.807) is 6.07 Å². The predicted molar refractivity (Wildman–Crippen MR) is 101 cm³/mol. The molecular weight excluding hydrogens is 380 g/mol. The van der Waals surface area contributed by atoms with E-state index >= 15 is 0 Å². The SMILES string of the molecule is O=C1NC(=O)c2c1cccc2-c1cc(Br)cc2c1[nH]c1ccccc12. The minimum atomic E-state index is -0.347. The molecule has 4 nitrogen and oxygen atoms in total. The van der Waals surface area contributed by atoms with Gasteiger partial charge in [-0.2, -0.15) is 0 Å². The van der Waals surface area contributed by atoms with E-state index in [0.29, 0.717) is 11.1 Å². The summed E-state index contributed by atoms with van der Waals surface area (Å²) < 4.78 is 0.919. The molecule has 4 aromatic rings. The number of halogens is 1. The van der Waals surface area contributed by atoms with Crippen molar-refractivity contribution in [3.8, 4) is 11.1 Å². The normalized spacial score (nSPS) is 13.5. The number of rotatable bonds is 1. The summed E-state index contributed by atoms with van der Waals surface area (Å²) in [6.45, 7) is 0. The van der Waals surface area contributed by atoms with Gasteiger partial charge in [0.05, 0.1) is 16.6 Å². The third-order valence-electron chi connectivity index (χ3n) is 4.63. The zero-order chi connectivity index (χ0) is 17.1. The van der Waals surface area contributed by atoms with Crippen molar-refractivity contribution in [2.75, 3.05) is 0 Å². The number of imide groups is 1. The number of carbonyl (C=O) groups is 2. The van der Waals surface area contributed by atoms with Crippen molar-refractivity contribution in [2.45, 2.75) is 0 Å². The molecule has 0 radical (unpaired) electrons. The predicted octanol–water partition coefficient (Wildman–Crippen LogP) is 4.63. The number of nitrogens with one attached hydrogen (secondary N) is 2. The molecule has 0 fully saturated rings. The number of para-hydroxylation sites is 1. The van der Waals surface area contributed by atoms with Crippen molar-refractivity contribution in [3.63, 3.8) is 0 Å². The van der Waals surface area contributed by atoms with Gasteiger partial charge in [0.2, 0.25) is 0 Å². The number of benzene rings is 3. The zero-order valence-electron chi connectivity index (χ0n) is 12.9. The van der Waals surface area contributed by atoms with Crippen molar-refractivity contribution < 1.29 is 9.59 Å². The number of carbonyl (C=O) groups excluding carboxylic acids is 2. The van der Waals surface area contributed by atoms with Gasteiger partial charge in [-0.3, -0.25) is 14.9 Å². The highest BCUT2D eigenvalue weighted by molar-refractivity contribution is 9.10. The molecule has 120 valence electrons. The molecule has 1 aliphatic heterocycles. The Morgan fingerprint density at radius 1 is 0.760 bits per heavy atom. The molecule has 1 aliphatic rings. The molecule has 5 rings (SSSR count). The minimum absolute atomic E-state index is 0.343. The number of hydrogen-bond acceptors (Lipinski definition) is 2. The van der Waals surface area contributed by atoms with Crippen molar-refractivity contribution >= 4 is 49.6 Å². The molecule has 1 aromatic heterocycles. The molecule has 0 saturated heterocycles.